The quantitative estimate of drug-likeness (QED) is 0.0499. The van der Waals surface area contributed by atoms with Crippen LogP contribution in [0.25, 0.3) is 21.5 Å². The molecule has 0 saturated carbocycles. The lowest BCUT2D eigenvalue weighted by Gasteiger charge is -2.43. The Morgan fingerprint density at radius 1 is 0.429 bits per heavy atom. The Hall–Kier alpha value is -2.43. The van der Waals surface area contributed by atoms with Gasteiger partial charge in [-0.1, -0.05) is 96.3 Å². The largest absolute Gasteiger partial charge is 0.382 e. The van der Waals surface area contributed by atoms with E-state index in [1.807, 2.05) is 0 Å². The van der Waals surface area contributed by atoms with Crippen LogP contribution in [0.1, 0.15) is 80.1 Å². The van der Waals surface area contributed by atoms with Gasteiger partial charge in [0, 0.05) is 6.54 Å². The van der Waals surface area contributed by atoms with Gasteiger partial charge in [-0.2, -0.15) is 0 Å². The standard InChI is InChI=1S/C31H38F9NSi/c1-15(2)42(16(3)4,17(5)6)14-12-10-8-7-9-11-13-41-31-21-20(26(36)29(39)30(31)40)22(32)18-19(23(21)33)25(35)28(38)27(37)24(18)34/h15-17,41H,7-14H2,1-6H3. The van der Waals surface area contributed by atoms with Gasteiger partial charge in [0.2, 0.25) is 0 Å². The Morgan fingerprint density at radius 3 is 1.24 bits per heavy atom. The Bertz CT molecular complexity index is 1430. The molecule has 1 N–H and O–H groups in total. The van der Waals surface area contributed by atoms with Crippen LogP contribution in [0, 0.1) is 52.4 Å². The van der Waals surface area contributed by atoms with Crippen molar-refractivity contribution in [3.05, 3.63) is 52.4 Å². The summed E-state index contributed by atoms with van der Waals surface area (Å²) in [6.45, 7) is 13.9. The van der Waals surface area contributed by atoms with Crippen LogP contribution in [0.3, 0.4) is 0 Å². The van der Waals surface area contributed by atoms with Gasteiger partial charge in [0.05, 0.1) is 35.3 Å². The summed E-state index contributed by atoms with van der Waals surface area (Å²) in [6.07, 6.45) is 5.05. The van der Waals surface area contributed by atoms with E-state index >= 15 is 8.78 Å². The van der Waals surface area contributed by atoms with E-state index in [2.05, 4.69) is 46.9 Å². The number of hydrogen-bond donors (Lipinski definition) is 1. The summed E-state index contributed by atoms with van der Waals surface area (Å²) in [5.74, 6) is -19.9. The highest BCUT2D eigenvalue weighted by molar-refractivity contribution is 6.83. The average molecular weight is 624 g/mol. The third kappa shape index (κ3) is 5.86. The number of unbranched alkanes of at least 4 members (excludes halogenated alkanes) is 5. The first kappa shape index (κ1) is 34.1. The van der Waals surface area contributed by atoms with Crippen molar-refractivity contribution in [1.82, 2.24) is 0 Å². The molecule has 0 aliphatic heterocycles. The molecule has 3 aromatic carbocycles. The topological polar surface area (TPSA) is 12.0 Å². The number of rotatable bonds is 13. The molecule has 0 spiro atoms. The van der Waals surface area contributed by atoms with Crippen molar-refractivity contribution >= 4 is 35.3 Å². The monoisotopic (exact) mass is 623 g/mol. The van der Waals surface area contributed by atoms with Crippen LogP contribution in [0.5, 0.6) is 0 Å². The Kier molecular flexibility index (Phi) is 10.9. The normalized spacial score (nSPS) is 12.6. The summed E-state index contributed by atoms with van der Waals surface area (Å²) in [7, 11) is -1.47. The molecule has 3 aromatic rings. The van der Waals surface area contributed by atoms with Crippen molar-refractivity contribution in [2.24, 2.45) is 0 Å². The highest BCUT2D eigenvalue weighted by Gasteiger charge is 2.41. The third-order valence-corrected chi connectivity index (χ3v) is 16.7. The molecule has 0 aliphatic carbocycles. The molecule has 0 saturated heterocycles. The first-order valence-corrected chi connectivity index (χ1v) is 16.9. The van der Waals surface area contributed by atoms with Gasteiger partial charge < -0.3 is 5.32 Å². The van der Waals surface area contributed by atoms with E-state index in [9.17, 15) is 30.7 Å². The first-order valence-electron chi connectivity index (χ1n) is 14.5. The molecular formula is C31H38F9NSi. The average Bonchev–Trinajstić information content (AvgIpc) is 2.92. The minimum absolute atomic E-state index is 0.0606. The van der Waals surface area contributed by atoms with Crippen LogP contribution in [0.4, 0.5) is 45.2 Å². The molecule has 0 fully saturated rings. The number of benzene rings is 3. The molecule has 0 amide bonds. The molecule has 0 bridgehead atoms. The van der Waals surface area contributed by atoms with Crippen molar-refractivity contribution < 1.29 is 39.5 Å². The zero-order valence-corrected chi connectivity index (χ0v) is 25.8. The van der Waals surface area contributed by atoms with Gasteiger partial charge in [-0.25, -0.2) is 39.5 Å². The van der Waals surface area contributed by atoms with Crippen LogP contribution in [0.2, 0.25) is 22.7 Å². The maximum atomic E-state index is 15.4. The molecule has 11 heteroatoms. The fourth-order valence-electron chi connectivity index (χ4n) is 6.89. The van der Waals surface area contributed by atoms with Crippen LogP contribution in [0.15, 0.2) is 0 Å². The second kappa shape index (κ2) is 13.5. The number of fused-ring (bicyclic) bond motifs is 2. The zero-order chi connectivity index (χ0) is 31.7. The summed E-state index contributed by atoms with van der Waals surface area (Å²) < 4.78 is 130. The van der Waals surface area contributed by atoms with Gasteiger partial charge in [-0.15, -0.1) is 0 Å². The predicted molar refractivity (Wildman–Crippen MR) is 153 cm³/mol. The molecule has 0 aliphatic rings. The first-order chi connectivity index (χ1) is 19.6. The van der Waals surface area contributed by atoms with Crippen molar-refractivity contribution in [3.63, 3.8) is 0 Å². The predicted octanol–water partition coefficient (Wildman–Crippen LogP) is 11.7. The summed E-state index contributed by atoms with van der Waals surface area (Å²) in [5, 5.41) is -3.83. The van der Waals surface area contributed by atoms with E-state index in [4.69, 9.17) is 0 Å². The molecule has 0 unspecified atom stereocenters. The fraction of sp³-hybridized carbons (Fsp3) is 0.548. The molecule has 234 valence electrons. The highest BCUT2D eigenvalue weighted by atomic mass is 28.3. The van der Waals surface area contributed by atoms with E-state index in [-0.39, 0.29) is 6.54 Å². The number of halogens is 9. The Balaban J connectivity index is 1.74. The highest BCUT2D eigenvalue weighted by Crippen LogP contribution is 2.46. The molecular weight excluding hydrogens is 585 g/mol. The second-order valence-electron chi connectivity index (χ2n) is 12.1. The Morgan fingerprint density at radius 2 is 0.786 bits per heavy atom. The van der Waals surface area contributed by atoms with Gasteiger partial charge in [-0.3, -0.25) is 0 Å². The lowest BCUT2D eigenvalue weighted by Crippen LogP contribution is -2.44. The maximum Gasteiger partial charge on any atom is 0.198 e. The molecule has 3 rings (SSSR count). The second-order valence-corrected chi connectivity index (χ2v) is 18.3. The third-order valence-electron chi connectivity index (χ3n) is 9.03. The molecule has 42 heavy (non-hydrogen) atoms. The van der Waals surface area contributed by atoms with E-state index in [1.165, 1.54) is 6.04 Å². The van der Waals surface area contributed by atoms with Crippen LogP contribution in [-0.4, -0.2) is 14.6 Å². The lowest BCUT2D eigenvalue weighted by atomic mass is 9.98. The van der Waals surface area contributed by atoms with Crippen LogP contribution >= 0.6 is 0 Å². The van der Waals surface area contributed by atoms with Gasteiger partial charge in [0.15, 0.2) is 40.7 Å². The lowest BCUT2D eigenvalue weighted by molar-refractivity contribution is 0.414. The van der Waals surface area contributed by atoms with E-state index < -0.39 is 87.7 Å². The van der Waals surface area contributed by atoms with E-state index in [0.29, 0.717) is 29.5 Å². The van der Waals surface area contributed by atoms with Gasteiger partial charge in [0.25, 0.3) is 0 Å². The maximum absolute atomic E-state index is 15.4. The fourth-order valence-corrected chi connectivity index (χ4v) is 13.5. The molecule has 0 atom stereocenters. The van der Waals surface area contributed by atoms with E-state index in [0.717, 1.165) is 25.7 Å². The number of anilines is 1. The molecule has 0 heterocycles. The van der Waals surface area contributed by atoms with Crippen LogP contribution < -0.4 is 5.32 Å². The van der Waals surface area contributed by atoms with E-state index in [1.54, 1.807) is 0 Å². The summed E-state index contributed by atoms with van der Waals surface area (Å²) in [4.78, 5) is 0. The summed E-state index contributed by atoms with van der Waals surface area (Å²) >= 11 is 0. The zero-order valence-electron chi connectivity index (χ0n) is 24.8. The minimum Gasteiger partial charge on any atom is -0.382 e. The smallest absolute Gasteiger partial charge is 0.198 e. The van der Waals surface area contributed by atoms with Gasteiger partial charge >= 0.3 is 0 Å². The van der Waals surface area contributed by atoms with Crippen molar-refractivity contribution in [3.8, 4) is 0 Å². The van der Waals surface area contributed by atoms with Gasteiger partial charge in [-0.05, 0) is 6.42 Å². The van der Waals surface area contributed by atoms with Crippen molar-refractivity contribution in [1.29, 1.82) is 0 Å². The Labute approximate surface area is 241 Å². The van der Waals surface area contributed by atoms with Crippen molar-refractivity contribution in [2.75, 3.05) is 11.9 Å². The van der Waals surface area contributed by atoms with Crippen molar-refractivity contribution in [2.45, 2.75) is 103 Å². The molecule has 1 nitrogen and oxygen atoms in total. The van der Waals surface area contributed by atoms with Gasteiger partial charge in [0.1, 0.15) is 11.6 Å². The summed E-state index contributed by atoms with van der Waals surface area (Å²) in [5.41, 5.74) is 1.03. The molecule has 0 aromatic heterocycles. The van der Waals surface area contributed by atoms with Crippen LogP contribution in [-0.2, 0) is 0 Å². The summed E-state index contributed by atoms with van der Waals surface area (Å²) in [6, 6.07) is 1.25. The SMILES string of the molecule is CC(C)[Si](CCCCCCCCNc1c(F)c(F)c(F)c2c(F)c3c(F)c(F)c(F)c(F)c3c(F)c12)(C(C)C)C(C)C. The minimum atomic E-state index is -2.46. The number of nitrogens with one attached hydrogen (secondary N) is 1. The molecule has 0 radical (unpaired) electrons. The number of hydrogen-bond acceptors (Lipinski definition) is 1.